The second-order valence-electron chi connectivity index (χ2n) is 10.4. The van der Waals surface area contributed by atoms with Gasteiger partial charge in [0.05, 0.1) is 23.2 Å². The summed E-state index contributed by atoms with van der Waals surface area (Å²) in [7, 11) is 0. The molecule has 3 heterocycles. The van der Waals surface area contributed by atoms with Crippen molar-refractivity contribution in [2.45, 2.75) is 25.6 Å². The number of amides is 2. The van der Waals surface area contributed by atoms with Crippen molar-refractivity contribution in [1.29, 1.82) is 0 Å². The van der Waals surface area contributed by atoms with Crippen molar-refractivity contribution in [3.8, 4) is 0 Å². The van der Waals surface area contributed by atoms with Crippen LogP contribution in [0.15, 0.2) is 100 Å². The molecule has 1 aromatic heterocycles. The smallest absolute Gasteiger partial charge is 0.291 e. The minimum Gasteiger partial charge on any atom is -0.450 e. The van der Waals surface area contributed by atoms with Crippen molar-refractivity contribution >= 4 is 40.1 Å². The van der Waals surface area contributed by atoms with Gasteiger partial charge in [-0.25, -0.2) is 4.39 Å². The van der Waals surface area contributed by atoms with Gasteiger partial charge >= 0.3 is 0 Å². The van der Waals surface area contributed by atoms with E-state index in [0.29, 0.717) is 21.8 Å². The van der Waals surface area contributed by atoms with E-state index in [0.717, 1.165) is 11.1 Å². The zero-order valence-corrected chi connectivity index (χ0v) is 22.6. The van der Waals surface area contributed by atoms with Gasteiger partial charge in [-0.1, -0.05) is 71.8 Å². The largest absolute Gasteiger partial charge is 0.450 e. The number of para-hydroxylation sites is 1. The Labute approximate surface area is 239 Å². The number of carbonyl (C=O) groups excluding carboxylic acids is 2. The van der Waals surface area contributed by atoms with Crippen LogP contribution in [0.4, 0.5) is 10.1 Å². The highest BCUT2D eigenvalue weighted by Crippen LogP contribution is 2.53. The van der Waals surface area contributed by atoms with Gasteiger partial charge in [0.1, 0.15) is 11.4 Å². The molecular formula is C33H22ClFN2O4. The predicted molar refractivity (Wildman–Crippen MR) is 153 cm³/mol. The van der Waals surface area contributed by atoms with Gasteiger partial charge in [-0.2, -0.15) is 0 Å². The summed E-state index contributed by atoms with van der Waals surface area (Å²) in [6, 6.07) is 25.3. The maximum atomic E-state index is 14.8. The molecule has 5 aromatic rings. The van der Waals surface area contributed by atoms with Gasteiger partial charge in [0.15, 0.2) is 11.0 Å². The minimum absolute atomic E-state index is 0.0387. The number of rotatable bonds is 4. The molecule has 2 aliphatic rings. The van der Waals surface area contributed by atoms with Crippen LogP contribution in [-0.2, 0) is 23.4 Å². The first-order chi connectivity index (χ1) is 19.8. The van der Waals surface area contributed by atoms with Crippen LogP contribution in [0.3, 0.4) is 0 Å². The van der Waals surface area contributed by atoms with Crippen LogP contribution in [0.25, 0.3) is 11.0 Å². The van der Waals surface area contributed by atoms with Gasteiger partial charge < -0.3 is 14.2 Å². The quantitative estimate of drug-likeness (QED) is 0.255. The molecular weight excluding hydrogens is 543 g/mol. The summed E-state index contributed by atoms with van der Waals surface area (Å²) < 4.78 is 19.8. The average molecular weight is 565 g/mol. The lowest BCUT2D eigenvalue weighted by Gasteiger charge is -2.34. The number of aryl methyl sites for hydroxylation is 1. The predicted octanol–water partition coefficient (Wildman–Crippen LogP) is 6.34. The van der Waals surface area contributed by atoms with Gasteiger partial charge in [-0.05, 0) is 54.4 Å². The number of halogens is 2. The lowest BCUT2D eigenvalue weighted by Crippen LogP contribution is -2.52. The summed E-state index contributed by atoms with van der Waals surface area (Å²) >= 11 is 6.24. The molecule has 0 saturated carbocycles. The maximum Gasteiger partial charge on any atom is 0.291 e. The third-order valence-electron chi connectivity index (χ3n) is 7.91. The van der Waals surface area contributed by atoms with E-state index >= 15 is 0 Å². The van der Waals surface area contributed by atoms with Gasteiger partial charge in [0.2, 0.25) is 5.76 Å². The number of benzene rings is 4. The standard InChI is InChI=1S/C33H22ClFN2O4/c1-19-6-8-20(9-7-19)17-36-26-5-3-2-4-25(26)33(32(36)40)28-29(38)24-16-22(34)12-15-27(24)41-30(28)31(39)37(33)18-21-10-13-23(35)14-11-21/h2-16H,17-18H2,1H3. The van der Waals surface area contributed by atoms with E-state index < -0.39 is 28.6 Å². The molecule has 7 rings (SSSR count). The van der Waals surface area contributed by atoms with Gasteiger partial charge in [-0.3, -0.25) is 14.4 Å². The van der Waals surface area contributed by atoms with Crippen molar-refractivity contribution in [3.05, 3.63) is 146 Å². The monoisotopic (exact) mass is 564 g/mol. The third-order valence-corrected chi connectivity index (χ3v) is 8.15. The molecule has 1 spiro atoms. The summed E-state index contributed by atoms with van der Waals surface area (Å²) in [6.45, 7) is 2.16. The first-order valence-electron chi connectivity index (χ1n) is 13.1. The number of nitrogens with zero attached hydrogens (tertiary/aromatic N) is 2. The van der Waals surface area contributed by atoms with E-state index in [2.05, 4.69) is 0 Å². The van der Waals surface area contributed by atoms with Crippen molar-refractivity contribution in [1.82, 2.24) is 4.90 Å². The van der Waals surface area contributed by atoms with Gasteiger partial charge in [-0.15, -0.1) is 0 Å². The second kappa shape index (κ2) is 9.14. The zero-order valence-electron chi connectivity index (χ0n) is 21.9. The number of hydrogen-bond acceptors (Lipinski definition) is 4. The maximum absolute atomic E-state index is 14.8. The van der Waals surface area contributed by atoms with E-state index in [1.54, 1.807) is 35.2 Å². The summed E-state index contributed by atoms with van der Waals surface area (Å²) in [6.07, 6.45) is 0. The lowest BCUT2D eigenvalue weighted by atomic mass is 9.83. The molecule has 0 saturated heterocycles. The van der Waals surface area contributed by atoms with E-state index in [1.165, 1.54) is 29.2 Å². The van der Waals surface area contributed by atoms with E-state index in [1.807, 2.05) is 43.3 Å². The molecule has 0 radical (unpaired) electrons. The Morgan fingerprint density at radius 1 is 0.854 bits per heavy atom. The molecule has 41 heavy (non-hydrogen) atoms. The molecule has 202 valence electrons. The van der Waals surface area contributed by atoms with Crippen molar-refractivity contribution in [2.75, 3.05) is 4.90 Å². The lowest BCUT2D eigenvalue weighted by molar-refractivity contribution is -0.126. The summed E-state index contributed by atoms with van der Waals surface area (Å²) in [5, 5.41) is 0.500. The van der Waals surface area contributed by atoms with Crippen LogP contribution < -0.4 is 10.3 Å². The summed E-state index contributed by atoms with van der Waals surface area (Å²) in [5.41, 5.74) is 1.52. The molecule has 4 aromatic carbocycles. The Balaban J connectivity index is 1.50. The Morgan fingerprint density at radius 2 is 1.54 bits per heavy atom. The van der Waals surface area contributed by atoms with Crippen molar-refractivity contribution in [3.63, 3.8) is 0 Å². The fourth-order valence-corrected chi connectivity index (χ4v) is 6.16. The molecule has 0 aliphatic carbocycles. The summed E-state index contributed by atoms with van der Waals surface area (Å²) in [5.74, 6) is -1.65. The van der Waals surface area contributed by atoms with Crippen LogP contribution in [0.1, 0.15) is 38.4 Å². The zero-order chi connectivity index (χ0) is 28.5. The van der Waals surface area contributed by atoms with Gasteiger partial charge in [0.25, 0.3) is 11.8 Å². The van der Waals surface area contributed by atoms with Gasteiger partial charge in [0, 0.05) is 17.1 Å². The molecule has 2 amide bonds. The average Bonchev–Trinajstić information content (AvgIpc) is 3.36. The van der Waals surface area contributed by atoms with E-state index in [-0.39, 0.29) is 35.4 Å². The molecule has 1 atom stereocenters. The van der Waals surface area contributed by atoms with Crippen LogP contribution >= 0.6 is 11.6 Å². The SMILES string of the molecule is Cc1ccc(CN2C(=O)C3(c4ccccc42)c2c(oc4ccc(Cl)cc4c2=O)C(=O)N3Cc2ccc(F)cc2)cc1. The fourth-order valence-electron chi connectivity index (χ4n) is 5.99. The van der Waals surface area contributed by atoms with Crippen molar-refractivity contribution in [2.24, 2.45) is 0 Å². The molecule has 1 unspecified atom stereocenters. The molecule has 8 heteroatoms. The summed E-state index contributed by atoms with van der Waals surface area (Å²) in [4.78, 5) is 46.3. The van der Waals surface area contributed by atoms with Crippen LogP contribution in [-0.4, -0.2) is 16.7 Å². The first kappa shape index (κ1) is 25.2. The molecule has 6 nitrogen and oxygen atoms in total. The molecule has 0 bridgehead atoms. The first-order valence-corrected chi connectivity index (χ1v) is 13.5. The molecule has 0 N–H and O–H groups in total. The number of hydrogen-bond donors (Lipinski definition) is 0. The number of carbonyl (C=O) groups is 2. The fraction of sp³-hybridized carbons (Fsp3) is 0.121. The molecule has 0 fully saturated rings. The highest BCUT2D eigenvalue weighted by Gasteiger charge is 2.65. The highest BCUT2D eigenvalue weighted by molar-refractivity contribution is 6.31. The second-order valence-corrected chi connectivity index (χ2v) is 10.8. The van der Waals surface area contributed by atoms with Crippen LogP contribution in [0.5, 0.6) is 0 Å². The van der Waals surface area contributed by atoms with Crippen LogP contribution in [0, 0.1) is 12.7 Å². The van der Waals surface area contributed by atoms with E-state index in [4.69, 9.17) is 16.0 Å². The molecule has 2 aliphatic heterocycles. The Hall–Kier alpha value is -4.75. The van der Waals surface area contributed by atoms with Crippen LogP contribution in [0.2, 0.25) is 5.02 Å². The Morgan fingerprint density at radius 3 is 2.29 bits per heavy atom. The normalized spacial score (nSPS) is 17.5. The Kier molecular flexibility index (Phi) is 5.63. The van der Waals surface area contributed by atoms with E-state index in [9.17, 15) is 18.8 Å². The van der Waals surface area contributed by atoms with Crippen molar-refractivity contribution < 1.29 is 18.4 Å². The number of fused-ring (bicyclic) bond motifs is 5. The minimum atomic E-state index is -1.79. The Bertz CT molecular complexity index is 1950. The highest BCUT2D eigenvalue weighted by atomic mass is 35.5. The topological polar surface area (TPSA) is 70.8 Å². The third kappa shape index (κ3) is 3.66. The number of anilines is 1.